The Balaban J connectivity index is 1.96. The summed E-state index contributed by atoms with van der Waals surface area (Å²) in [7, 11) is -1.30. The Morgan fingerprint density at radius 2 is 1.35 bits per heavy atom. The third-order valence-electron chi connectivity index (χ3n) is 5.05. The number of alkyl halides is 1. The highest BCUT2D eigenvalue weighted by Crippen LogP contribution is 2.34. The fraction of sp³-hybridized carbons (Fsp3) is 0.208. The molecule has 0 unspecified atom stereocenters. The highest BCUT2D eigenvalue weighted by atomic mass is 32.2. The summed E-state index contributed by atoms with van der Waals surface area (Å²) in [6, 6.07) is 20.2. The van der Waals surface area contributed by atoms with Crippen LogP contribution in [0.1, 0.15) is 28.3 Å². The van der Waals surface area contributed by atoms with Crippen LogP contribution < -0.4 is 9.47 Å². The second kappa shape index (κ2) is 9.75. The Morgan fingerprint density at radius 3 is 1.87 bits per heavy atom. The molecule has 0 spiro atoms. The van der Waals surface area contributed by atoms with Gasteiger partial charge in [0.2, 0.25) is 15.3 Å². The third-order valence-corrected chi connectivity index (χ3v) is 6.90. The van der Waals surface area contributed by atoms with Gasteiger partial charge in [-0.05, 0) is 54.1 Å². The quantitative estimate of drug-likeness (QED) is 0.444. The predicted molar refractivity (Wildman–Crippen MR) is 116 cm³/mol. The molecule has 0 radical (unpaired) electrons. The van der Waals surface area contributed by atoms with E-state index in [1.807, 2.05) is 0 Å². The molecule has 0 heterocycles. The average Bonchev–Trinajstić information content (AvgIpc) is 2.82. The standard InChI is InChI=1S/C24H23FO5S/c1-29-19-12-8-17(9-13-19)22(16-23(26)18-10-14-20(30-2)15-11-18)24(25)31(27,28)21-6-4-3-5-7-21/h3-15,22,24H,16H2,1-2H3/t22-,24-/m1/s1. The number of halogens is 1. The van der Waals surface area contributed by atoms with Gasteiger partial charge in [-0.1, -0.05) is 30.3 Å². The summed E-state index contributed by atoms with van der Waals surface area (Å²) < 4.78 is 51.7. The molecule has 0 aliphatic carbocycles. The number of carbonyl (C=O) groups excluding carboxylic acids is 1. The van der Waals surface area contributed by atoms with Crippen molar-refractivity contribution in [1.82, 2.24) is 0 Å². The predicted octanol–water partition coefficient (Wildman–Crippen LogP) is 4.83. The summed E-state index contributed by atoms with van der Waals surface area (Å²) in [5.74, 6) is -0.427. The Kier molecular flexibility index (Phi) is 7.07. The largest absolute Gasteiger partial charge is 0.497 e. The van der Waals surface area contributed by atoms with Crippen molar-refractivity contribution in [3.63, 3.8) is 0 Å². The number of hydrogen-bond acceptors (Lipinski definition) is 5. The minimum Gasteiger partial charge on any atom is -0.497 e. The smallest absolute Gasteiger partial charge is 0.212 e. The molecule has 0 saturated heterocycles. The maximum Gasteiger partial charge on any atom is 0.212 e. The van der Waals surface area contributed by atoms with Crippen LogP contribution in [0.15, 0.2) is 83.8 Å². The number of methoxy groups -OCH3 is 2. The van der Waals surface area contributed by atoms with E-state index >= 15 is 4.39 Å². The molecule has 7 heteroatoms. The van der Waals surface area contributed by atoms with Crippen LogP contribution in [0.2, 0.25) is 0 Å². The van der Waals surface area contributed by atoms with Gasteiger partial charge in [-0.3, -0.25) is 4.79 Å². The van der Waals surface area contributed by atoms with Crippen molar-refractivity contribution in [3.05, 3.63) is 90.0 Å². The second-order valence-electron chi connectivity index (χ2n) is 6.94. The van der Waals surface area contributed by atoms with Gasteiger partial charge in [-0.2, -0.15) is 0 Å². The average molecular weight is 443 g/mol. The number of benzene rings is 3. The Bertz CT molecular complexity index is 1110. The van der Waals surface area contributed by atoms with E-state index < -0.39 is 21.3 Å². The van der Waals surface area contributed by atoms with Crippen LogP contribution in [-0.2, 0) is 9.84 Å². The summed E-state index contributed by atoms with van der Waals surface area (Å²) in [5.41, 5.74) is -1.55. The highest BCUT2D eigenvalue weighted by Gasteiger charge is 2.37. The van der Waals surface area contributed by atoms with E-state index in [2.05, 4.69) is 0 Å². The Hall–Kier alpha value is -3.19. The van der Waals surface area contributed by atoms with Crippen LogP contribution in [0.25, 0.3) is 0 Å². The summed E-state index contributed by atoms with van der Waals surface area (Å²) >= 11 is 0. The summed E-state index contributed by atoms with van der Waals surface area (Å²) in [5, 5.41) is 0. The first-order valence-electron chi connectivity index (χ1n) is 9.61. The maximum atomic E-state index is 15.6. The second-order valence-corrected chi connectivity index (χ2v) is 8.96. The minimum atomic E-state index is -4.31. The maximum absolute atomic E-state index is 15.6. The van der Waals surface area contributed by atoms with Gasteiger partial charge in [0.15, 0.2) is 5.78 Å². The van der Waals surface area contributed by atoms with Crippen molar-refractivity contribution in [3.8, 4) is 11.5 Å². The summed E-state index contributed by atoms with van der Waals surface area (Å²) in [4.78, 5) is 12.8. The highest BCUT2D eigenvalue weighted by molar-refractivity contribution is 7.92. The topological polar surface area (TPSA) is 69.7 Å². The monoisotopic (exact) mass is 442 g/mol. The van der Waals surface area contributed by atoms with E-state index in [0.717, 1.165) is 0 Å². The molecular formula is C24H23FO5S. The van der Waals surface area contributed by atoms with Gasteiger partial charge in [0.05, 0.1) is 19.1 Å². The summed E-state index contributed by atoms with van der Waals surface area (Å²) in [6.45, 7) is 0. The molecule has 3 aromatic carbocycles. The molecule has 162 valence electrons. The van der Waals surface area contributed by atoms with Crippen LogP contribution in [-0.4, -0.2) is 33.9 Å². The molecule has 0 bridgehead atoms. The molecule has 0 aliphatic heterocycles. The van der Waals surface area contributed by atoms with Crippen molar-refractivity contribution in [2.24, 2.45) is 0 Å². The van der Waals surface area contributed by atoms with Crippen LogP contribution in [0.4, 0.5) is 4.39 Å². The van der Waals surface area contributed by atoms with Gasteiger partial charge >= 0.3 is 0 Å². The number of sulfone groups is 1. The lowest BCUT2D eigenvalue weighted by molar-refractivity contribution is 0.0965. The van der Waals surface area contributed by atoms with Crippen molar-refractivity contribution in [1.29, 1.82) is 0 Å². The minimum absolute atomic E-state index is 0.127. The van der Waals surface area contributed by atoms with E-state index in [1.54, 1.807) is 54.6 Å². The number of Topliss-reactive ketones (excluding diaryl/α,β-unsaturated/α-hetero) is 1. The van der Waals surface area contributed by atoms with Crippen LogP contribution in [0.3, 0.4) is 0 Å². The van der Waals surface area contributed by atoms with Gasteiger partial charge in [0.25, 0.3) is 0 Å². The van der Waals surface area contributed by atoms with Crippen molar-refractivity contribution in [2.45, 2.75) is 22.7 Å². The van der Waals surface area contributed by atoms with Gasteiger partial charge < -0.3 is 9.47 Å². The fourth-order valence-electron chi connectivity index (χ4n) is 3.26. The zero-order valence-electron chi connectivity index (χ0n) is 17.2. The molecule has 0 aliphatic rings. The lowest BCUT2D eigenvalue weighted by atomic mass is 9.92. The first-order chi connectivity index (χ1) is 14.9. The molecule has 2 atom stereocenters. The molecule has 5 nitrogen and oxygen atoms in total. The molecule has 0 aromatic heterocycles. The zero-order valence-corrected chi connectivity index (χ0v) is 18.0. The molecule has 0 amide bonds. The van der Waals surface area contributed by atoms with E-state index in [9.17, 15) is 13.2 Å². The van der Waals surface area contributed by atoms with Gasteiger partial charge in [0.1, 0.15) is 11.5 Å². The fourth-order valence-corrected chi connectivity index (χ4v) is 4.75. The van der Waals surface area contributed by atoms with Gasteiger partial charge in [0, 0.05) is 17.9 Å². The number of ketones is 1. The van der Waals surface area contributed by atoms with Crippen LogP contribution in [0.5, 0.6) is 11.5 Å². The molecule has 3 aromatic rings. The lowest BCUT2D eigenvalue weighted by Gasteiger charge is -2.22. The normalized spacial score (nSPS) is 13.3. The van der Waals surface area contributed by atoms with Crippen molar-refractivity contribution < 1.29 is 27.1 Å². The lowest BCUT2D eigenvalue weighted by Crippen LogP contribution is -2.26. The number of ether oxygens (including phenoxy) is 2. The molecule has 0 N–H and O–H groups in total. The number of hydrogen-bond donors (Lipinski definition) is 0. The SMILES string of the molecule is COc1ccc(C(=O)C[C@H](c2ccc(OC)cc2)[C@H](F)S(=O)(=O)c2ccccc2)cc1. The van der Waals surface area contributed by atoms with Gasteiger partial charge in [-0.25, -0.2) is 12.8 Å². The first kappa shape index (κ1) is 22.5. The molecular weight excluding hydrogens is 419 g/mol. The number of carbonyl (C=O) groups is 1. The van der Waals surface area contributed by atoms with Crippen molar-refractivity contribution >= 4 is 15.6 Å². The Labute approximate surface area is 181 Å². The van der Waals surface area contributed by atoms with Crippen LogP contribution >= 0.6 is 0 Å². The molecule has 31 heavy (non-hydrogen) atoms. The molecule has 3 rings (SSSR count). The summed E-state index contributed by atoms with van der Waals surface area (Å²) in [6.07, 6.45) is -0.314. The van der Waals surface area contributed by atoms with Crippen LogP contribution in [0, 0.1) is 0 Å². The molecule has 0 fully saturated rings. The molecule has 0 saturated carbocycles. The van der Waals surface area contributed by atoms with E-state index in [0.29, 0.717) is 22.6 Å². The van der Waals surface area contributed by atoms with E-state index in [-0.39, 0.29) is 17.1 Å². The number of rotatable bonds is 9. The van der Waals surface area contributed by atoms with E-state index in [4.69, 9.17) is 9.47 Å². The zero-order chi connectivity index (χ0) is 22.4. The van der Waals surface area contributed by atoms with Gasteiger partial charge in [-0.15, -0.1) is 0 Å². The van der Waals surface area contributed by atoms with E-state index in [1.165, 1.54) is 38.5 Å². The van der Waals surface area contributed by atoms with Crippen molar-refractivity contribution in [2.75, 3.05) is 14.2 Å². The first-order valence-corrected chi connectivity index (χ1v) is 11.2. The Morgan fingerprint density at radius 1 is 0.839 bits per heavy atom. The third kappa shape index (κ3) is 5.11.